The Kier molecular flexibility index (Phi) is 3.58. The number of para-hydroxylation sites is 2. The minimum atomic E-state index is -0.396. The van der Waals surface area contributed by atoms with Crippen LogP contribution >= 0.6 is 0 Å². The first-order valence-corrected chi connectivity index (χ1v) is 8.03. The van der Waals surface area contributed by atoms with Gasteiger partial charge in [-0.15, -0.1) is 0 Å². The van der Waals surface area contributed by atoms with E-state index in [9.17, 15) is 10.1 Å². The number of hydrogen-bond donors (Lipinski definition) is 0. The molecule has 7 nitrogen and oxygen atoms in total. The number of aromatic nitrogens is 3. The SMILES string of the molecule is CN(C)CCc1nc2cc([N+](=O)[O-])ccc2c2nc3ccccc3n12. The number of likely N-dealkylation sites (N-methyl/N-ethyl adjacent to an activating group) is 1. The number of fused-ring (bicyclic) bond motifs is 5. The van der Waals surface area contributed by atoms with Crippen molar-refractivity contribution in [3.8, 4) is 0 Å². The van der Waals surface area contributed by atoms with Gasteiger partial charge in [0, 0.05) is 30.5 Å². The van der Waals surface area contributed by atoms with Gasteiger partial charge in [0.05, 0.1) is 21.5 Å². The second-order valence-corrected chi connectivity index (χ2v) is 6.30. The lowest BCUT2D eigenvalue weighted by atomic mass is 10.2. The van der Waals surface area contributed by atoms with Crippen molar-refractivity contribution in [2.24, 2.45) is 0 Å². The summed E-state index contributed by atoms with van der Waals surface area (Å²) in [6.45, 7) is 0.828. The Bertz CT molecular complexity index is 1120. The van der Waals surface area contributed by atoms with Crippen LogP contribution in [0.25, 0.3) is 27.6 Å². The Labute approximate surface area is 143 Å². The molecule has 0 aliphatic carbocycles. The lowest BCUT2D eigenvalue weighted by Crippen LogP contribution is -2.17. The van der Waals surface area contributed by atoms with E-state index in [1.165, 1.54) is 12.1 Å². The van der Waals surface area contributed by atoms with Crippen LogP contribution in [0.4, 0.5) is 5.69 Å². The van der Waals surface area contributed by atoms with E-state index < -0.39 is 4.92 Å². The quantitative estimate of drug-likeness (QED) is 0.423. The summed E-state index contributed by atoms with van der Waals surface area (Å²) in [7, 11) is 4.02. The van der Waals surface area contributed by atoms with Crippen LogP contribution in [0.2, 0.25) is 0 Å². The molecule has 0 atom stereocenters. The Balaban J connectivity index is 2.07. The van der Waals surface area contributed by atoms with E-state index in [1.807, 2.05) is 38.4 Å². The highest BCUT2D eigenvalue weighted by Gasteiger charge is 2.16. The largest absolute Gasteiger partial charge is 0.309 e. The predicted molar refractivity (Wildman–Crippen MR) is 96.9 cm³/mol. The number of hydrogen-bond acceptors (Lipinski definition) is 5. The van der Waals surface area contributed by atoms with E-state index in [0.29, 0.717) is 5.52 Å². The van der Waals surface area contributed by atoms with Crippen LogP contribution in [0.15, 0.2) is 42.5 Å². The third-order valence-electron chi connectivity index (χ3n) is 4.28. The van der Waals surface area contributed by atoms with Crippen molar-refractivity contribution in [2.45, 2.75) is 6.42 Å². The molecule has 4 rings (SSSR count). The van der Waals surface area contributed by atoms with Gasteiger partial charge in [0.15, 0.2) is 0 Å². The first-order valence-electron chi connectivity index (χ1n) is 8.03. The molecule has 0 radical (unpaired) electrons. The smallest absolute Gasteiger partial charge is 0.271 e. The standard InChI is InChI=1S/C18H17N5O2/c1-21(2)10-9-17-19-15-11-12(23(24)25)7-8-13(15)18-20-14-5-3-4-6-16(14)22(17)18/h3-8,11H,9-10H2,1-2H3. The Morgan fingerprint density at radius 2 is 1.92 bits per heavy atom. The van der Waals surface area contributed by atoms with Crippen LogP contribution in [0.5, 0.6) is 0 Å². The van der Waals surface area contributed by atoms with Crippen LogP contribution in [-0.2, 0) is 6.42 Å². The highest BCUT2D eigenvalue weighted by atomic mass is 16.6. The second-order valence-electron chi connectivity index (χ2n) is 6.30. The van der Waals surface area contributed by atoms with Crippen molar-refractivity contribution < 1.29 is 4.92 Å². The minimum absolute atomic E-state index is 0.0408. The number of nitro groups is 1. The van der Waals surface area contributed by atoms with Crippen LogP contribution in [0, 0.1) is 10.1 Å². The van der Waals surface area contributed by atoms with E-state index in [1.54, 1.807) is 6.07 Å². The maximum absolute atomic E-state index is 11.1. The molecule has 0 aliphatic rings. The van der Waals surface area contributed by atoms with Gasteiger partial charge >= 0.3 is 0 Å². The molecule has 0 N–H and O–H groups in total. The molecule has 0 aliphatic heterocycles. The van der Waals surface area contributed by atoms with Crippen molar-refractivity contribution >= 4 is 33.3 Å². The number of benzene rings is 2. The minimum Gasteiger partial charge on any atom is -0.309 e. The monoisotopic (exact) mass is 335 g/mol. The molecule has 25 heavy (non-hydrogen) atoms. The van der Waals surface area contributed by atoms with Gasteiger partial charge in [0.1, 0.15) is 11.5 Å². The zero-order valence-corrected chi connectivity index (χ0v) is 14.0. The lowest BCUT2D eigenvalue weighted by molar-refractivity contribution is -0.384. The second kappa shape index (κ2) is 5.78. The molecular formula is C18H17N5O2. The van der Waals surface area contributed by atoms with Gasteiger partial charge in [-0.2, -0.15) is 0 Å². The predicted octanol–water partition coefficient (Wildman–Crippen LogP) is 3.05. The number of nitro benzene ring substituents is 1. The van der Waals surface area contributed by atoms with Crippen LogP contribution in [0.3, 0.4) is 0 Å². The normalized spacial score (nSPS) is 11.8. The summed E-state index contributed by atoms with van der Waals surface area (Å²) in [5, 5.41) is 11.9. The van der Waals surface area contributed by atoms with Crippen molar-refractivity contribution in [3.63, 3.8) is 0 Å². The third kappa shape index (κ3) is 2.58. The summed E-state index contributed by atoms with van der Waals surface area (Å²) in [6, 6.07) is 12.7. The molecule has 0 fully saturated rings. The summed E-state index contributed by atoms with van der Waals surface area (Å²) in [4.78, 5) is 22.3. The maximum Gasteiger partial charge on any atom is 0.271 e. The first-order chi connectivity index (χ1) is 12.0. The molecule has 0 saturated carbocycles. The van der Waals surface area contributed by atoms with Gasteiger partial charge in [-0.1, -0.05) is 12.1 Å². The molecule has 2 aromatic heterocycles. The zero-order chi connectivity index (χ0) is 17.6. The zero-order valence-electron chi connectivity index (χ0n) is 14.0. The van der Waals surface area contributed by atoms with Crippen molar-refractivity contribution in [2.75, 3.05) is 20.6 Å². The summed E-state index contributed by atoms with van der Waals surface area (Å²) in [5.41, 5.74) is 3.32. The fraction of sp³-hybridized carbons (Fsp3) is 0.222. The summed E-state index contributed by atoms with van der Waals surface area (Å²) in [6.07, 6.45) is 0.725. The van der Waals surface area contributed by atoms with Crippen LogP contribution < -0.4 is 0 Å². The van der Waals surface area contributed by atoms with E-state index in [2.05, 4.69) is 9.30 Å². The van der Waals surface area contributed by atoms with Gasteiger partial charge in [0.2, 0.25) is 0 Å². The third-order valence-corrected chi connectivity index (χ3v) is 4.28. The molecule has 0 unspecified atom stereocenters. The van der Waals surface area contributed by atoms with Crippen molar-refractivity contribution in [1.82, 2.24) is 19.3 Å². The van der Waals surface area contributed by atoms with Crippen molar-refractivity contribution in [3.05, 3.63) is 58.4 Å². The average molecular weight is 335 g/mol. The summed E-state index contributed by atoms with van der Waals surface area (Å²) < 4.78 is 2.06. The molecule has 7 heteroatoms. The van der Waals surface area contributed by atoms with E-state index in [-0.39, 0.29) is 5.69 Å². The van der Waals surface area contributed by atoms with Gasteiger partial charge in [-0.05, 0) is 32.3 Å². The van der Waals surface area contributed by atoms with Gasteiger partial charge in [-0.25, -0.2) is 9.97 Å². The summed E-state index contributed by atoms with van der Waals surface area (Å²) >= 11 is 0. The van der Waals surface area contributed by atoms with Crippen molar-refractivity contribution in [1.29, 1.82) is 0 Å². The number of nitrogens with zero attached hydrogens (tertiary/aromatic N) is 5. The Morgan fingerprint density at radius 3 is 2.68 bits per heavy atom. The summed E-state index contributed by atoms with van der Waals surface area (Å²) in [5.74, 6) is 0.852. The number of non-ortho nitro benzene ring substituents is 1. The molecule has 2 heterocycles. The average Bonchev–Trinajstić information content (AvgIpc) is 2.99. The fourth-order valence-electron chi connectivity index (χ4n) is 3.06. The van der Waals surface area contributed by atoms with E-state index >= 15 is 0 Å². The molecular weight excluding hydrogens is 318 g/mol. The van der Waals surface area contributed by atoms with E-state index in [0.717, 1.165) is 40.9 Å². The topological polar surface area (TPSA) is 76.6 Å². The molecule has 0 spiro atoms. The van der Waals surface area contributed by atoms with Gasteiger partial charge < -0.3 is 4.90 Å². The molecule has 2 aromatic carbocycles. The first kappa shape index (κ1) is 15.5. The van der Waals surface area contributed by atoms with Gasteiger partial charge in [0.25, 0.3) is 5.69 Å². The van der Waals surface area contributed by atoms with E-state index in [4.69, 9.17) is 9.97 Å². The molecule has 0 saturated heterocycles. The van der Waals surface area contributed by atoms with Crippen LogP contribution in [0.1, 0.15) is 5.82 Å². The highest BCUT2D eigenvalue weighted by Crippen LogP contribution is 2.27. The molecule has 0 amide bonds. The number of imidazole rings is 1. The lowest BCUT2D eigenvalue weighted by Gasteiger charge is -2.12. The van der Waals surface area contributed by atoms with Gasteiger partial charge in [-0.3, -0.25) is 14.5 Å². The molecule has 0 bridgehead atoms. The Morgan fingerprint density at radius 1 is 1.12 bits per heavy atom. The molecule has 4 aromatic rings. The fourth-order valence-corrected chi connectivity index (χ4v) is 3.06. The Hall–Kier alpha value is -3.06. The van der Waals surface area contributed by atoms with Crippen LogP contribution in [-0.4, -0.2) is 44.8 Å². The molecule has 126 valence electrons. The highest BCUT2D eigenvalue weighted by molar-refractivity contribution is 5.97. The number of rotatable bonds is 4. The maximum atomic E-state index is 11.1.